The predicted octanol–water partition coefficient (Wildman–Crippen LogP) is 3.80. The number of nitrogens with zero attached hydrogens (tertiary/aromatic N) is 1. The Morgan fingerprint density at radius 2 is 1.72 bits per heavy atom. The molecule has 1 unspecified atom stereocenters. The summed E-state index contributed by atoms with van der Waals surface area (Å²) in [5.74, 6) is -1.11. The van der Waals surface area contributed by atoms with E-state index in [1.54, 1.807) is 7.05 Å². The fraction of sp³-hybridized carbons (Fsp3) is 0.500. The summed E-state index contributed by atoms with van der Waals surface area (Å²) >= 11 is 6.42. The van der Waals surface area contributed by atoms with Crippen LogP contribution in [-0.2, 0) is 4.79 Å². The molecule has 6 nitrogen and oxygen atoms in total. The van der Waals surface area contributed by atoms with Gasteiger partial charge in [0.1, 0.15) is 0 Å². The number of aliphatic carboxylic acids is 1. The molecule has 9 heteroatoms. The van der Waals surface area contributed by atoms with E-state index in [2.05, 4.69) is 78.4 Å². The highest BCUT2D eigenvalue weighted by molar-refractivity contribution is 14.1. The van der Waals surface area contributed by atoms with Crippen molar-refractivity contribution >= 4 is 85.3 Å². The largest absolute Gasteiger partial charge is 0.478 e. The number of nitrogens with one attached hydrogen (secondary N) is 2. The molecule has 0 saturated heterocycles. The SMILES string of the molecule is CCN(CC)C(CC)(Nc1c(I)cc(I)c(C(=O)NC)c1I)C(=O)O. The van der Waals surface area contributed by atoms with E-state index in [1.807, 2.05) is 31.7 Å². The van der Waals surface area contributed by atoms with Crippen molar-refractivity contribution in [3.8, 4) is 0 Å². The first kappa shape index (κ1) is 23.1. The predicted molar refractivity (Wildman–Crippen MR) is 125 cm³/mol. The third-order valence-corrected chi connectivity index (χ3v) is 6.91. The van der Waals surface area contributed by atoms with E-state index in [9.17, 15) is 14.7 Å². The lowest BCUT2D eigenvalue weighted by Gasteiger charge is -2.40. The molecule has 0 heterocycles. The van der Waals surface area contributed by atoms with Crippen LogP contribution in [0.2, 0.25) is 0 Å². The molecule has 25 heavy (non-hydrogen) atoms. The molecule has 0 bridgehead atoms. The lowest BCUT2D eigenvalue weighted by molar-refractivity contribution is -0.149. The average Bonchev–Trinajstić information content (AvgIpc) is 2.56. The Labute approximate surface area is 189 Å². The van der Waals surface area contributed by atoms with Crippen LogP contribution in [0.15, 0.2) is 6.07 Å². The number of hydrogen-bond donors (Lipinski definition) is 3. The summed E-state index contributed by atoms with van der Waals surface area (Å²) < 4.78 is 2.43. The minimum atomic E-state index is -1.23. The van der Waals surface area contributed by atoms with Gasteiger partial charge in [-0.15, -0.1) is 0 Å². The fourth-order valence-electron chi connectivity index (χ4n) is 2.74. The van der Waals surface area contributed by atoms with Gasteiger partial charge >= 0.3 is 5.97 Å². The summed E-state index contributed by atoms with van der Waals surface area (Å²) in [7, 11) is 1.59. The molecule has 3 N–H and O–H groups in total. The number of amides is 1. The zero-order valence-electron chi connectivity index (χ0n) is 14.5. The normalized spacial score (nSPS) is 13.4. The van der Waals surface area contributed by atoms with E-state index in [1.165, 1.54) is 0 Å². The summed E-state index contributed by atoms with van der Waals surface area (Å²) in [6.45, 7) is 6.94. The van der Waals surface area contributed by atoms with Crippen molar-refractivity contribution in [2.45, 2.75) is 32.9 Å². The minimum Gasteiger partial charge on any atom is -0.478 e. The maximum atomic E-state index is 12.3. The third-order valence-electron chi connectivity index (χ3n) is 4.12. The maximum Gasteiger partial charge on any atom is 0.344 e. The number of carboxylic acid groups (broad SMARTS) is 1. The van der Waals surface area contributed by atoms with E-state index >= 15 is 0 Å². The molecule has 0 aliphatic rings. The van der Waals surface area contributed by atoms with Crippen LogP contribution in [0, 0.1) is 10.7 Å². The summed E-state index contributed by atoms with van der Waals surface area (Å²) in [6, 6.07) is 1.89. The maximum absolute atomic E-state index is 12.3. The number of likely N-dealkylation sites (N-methyl/N-ethyl adjacent to an activating group) is 1. The van der Waals surface area contributed by atoms with Crippen molar-refractivity contribution in [1.82, 2.24) is 10.2 Å². The Kier molecular flexibility index (Phi) is 9.14. The number of rotatable bonds is 8. The van der Waals surface area contributed by atoms with Gasteiger partial charge in [-0.1, -0.05) is 20.8 Å². The van der Waals surface area contributed by atoms with E-state index in [4.69, 9.17) is 0 Å². The summed E-state index contributed by atoms with van der Waals surface area (Å²) in [5, 5.41) is 15.9. The van der Waals surface area contributed by atoms with Gasteiger partial charge in [-0.05, 0) is 93.3 Å². The van der Waals surface area contributed by atoms with Gasteiger partial charge in [0.05, 0.1) is 14.8 Å². The van der Waals surface area contributed by atoms with Gasteiger partial charge in [0, 0.05) is 14.2 Å². The van der Waals surface area contributed by atoms with Gasteiger partial charge in [0.15, 0.2) is 5.66 Å². The molecule has 1 atom stereocenters. The van der Waals surface area contributed by atoms with Crippen LogP contribution in [-0.4, -0.2) is 47.7 Å². The average molecular weight is 685 g/mol. The zero-order chi connectivity index (χ0) is 19.4. The van der Waals surface area contributed by atoms with E-state index in [0.717, 1.165) is 10.7 Å². The number of carbonyl (C=O) groups is 2. The molecule has 1 aromatic carbocycles. The number of anilines is 1. The van der Waals surface area contributed by atoms with Gasteiger partial charge in [-0.2, -0.15) is 0 Å². The van der Waals surface area contributed by atoms with Crippen molar-refractivity contribution in [3.05, 3.63) is 22.3 Å². The molecule has 140 valence electrons. The molecular weight excluding hydrogens is 663 g/mol. The van der Waals surface area contributed by atoms with Gasteiger partial charge in [0.2, 0.25) is 0 Å². The highest BCUT2D eigenvalue weighted by Crippen LogP contribution is 2.35. The van der Waals surface area contributed by atoms with Crippen molar-refractivity contribution in [3.63, 3.8) is 0 Å². The van der Waals surface area contributed by atoms with Crippen molar-refractivity contribution in [2.24, 2.45) is 0 Å². The molecule has 0 saturated carbocycles. The summed E-state index contributed by atoms with van der Waals surface area (Å²) in [5.41, 5.74) is 0.00809. The highest BCUT2D eigenvalue weighted by Gasteiger charge is 2.42. The van der Waals surface area contributed by atoms with E-state index in [0.29, 0.717) is 30.8 Å². The Morgan fingerprint density at radius 1 is 1.16 bits per heavy atom. The van der Waals surface area contributed by atoms with Gasteiger partial charge in [-0.3, -0.25) is 9.69 Å². The van der Waals surface area contributed by atoms with Crippen molar-refractivity contribution in [2.75, 3.05) is 25.5 Å². The van der Waals surface area contributed by atoms with Crippen molar-refractivity contribution < 1.29 is 14.7 Å². The Bertz CT molecular complexity index is 666. The van der Waals surface area contributed by atoms with Crippen LogP contribution in [0.3, 0.4) is 0 Å². The second-order valence-corrected chi connectivity index (χ2v) is 8.70. The fourth-order valence-corrected chi connectivity index (χ4v) is 6.87. The van der Waals surface area contributed by atoms with Gasteiger partial charge in [0.25, 0.3) is 5.91 Å². The highest BCUT2D eigenvalue weighted by atomic mass is 127. The van der Waals surface area contributed by atoms with Crippen molar-refractivity contribution in [1.29, 1.82) is 0 Å². The van der Waals surface area contributed by atoms with Crippen LogP contribution in [0.5, 0.6) is 0 Å². The standard InChI is InChI=1S/C16H22I3N3O3/c1-5-16(15(24)25,22(6-2)7-3)21-13-10(18)8-9(17)11(12(13)19)14(23)20-4/h8,21H,5-7H2,1-4H3,(H,20,23)(H,24,25). The molecule has 1 aromatic rings. The first-order chi connectivity index (χ1) is 11.7. The second kappa shape index (κ2) is 9.88. The smallest absolute Gasteiger partial charge is 0.344 e. The molecule has 1 amide bonds. The first-order valence-electron chi connectivity index (χ1n) is 7.86. The number of benzene rings is 1. The quantitative estimate of drug-likeness (QED) is 0.287. The monoisotopic (exact) mass is 685 g/mol. The van der Waals surface area contributed by atoms with Crippen LogP contribution in [0.1, 0.15) is 37.6 Å². The Hall–Kier alpha value is 0.110. The molecule has 0 aromatic heterocycles. The topological polar surface area (TPSA) is 81.7 Å². The Morgan fingerprint density at radius 3 is 2.12 bits per heavy atom. The van der Waals surface area contributed by atoms with Gasteiger partial charge < -0.3 is 15.7 Å². The van der Waals surface area contributed by atoms with Crippen LogP contribution in [0.25, 0.3) is 0 Å². The molecule has 0 radical (unpaired) electrons. The third kappa shape index (κ3) is 4.69. The molecule has 1 rings (SSSR count). The number of carboxylic acids is 1. The number of carbonyl (C=O) groups excluding carboxylic acids is 1. The lowest BCUT2D eigenvalue weighted by Crippen LogP contribution is -2.60. The summed E-state index contributed by atoms with van der Waals surface area (Å²) in [4.78, 5) is 26.3. The molecule has 0 aliphatic carbocycles. The molecule has 0 fully saturated rings. The van der Waals surface area contributed by atoms with Gasteiger partial charge in [-0.25, -0.2) is 4.79 Å². The second-order valence-electron chi connectivity index (χ2n) is 5.30. The van der Waals surface area contributed by atoms with Crippen LogP contribution in [0.4, 0.5) is 5.69 Å². The zero-order valence-corrected chi connectivity index (χ0v) is 21.0. The minimum absolute atomic E-state index is 0.187. The molecule has 0 aliphatic heterocycles. The molecule has 0 spiro atoms. The first-order valence-corrected chi connectivity index (χ1v) is 11.1. The number of hydrogen-bond acceptors (Lipinski definition) is 4. The molecular formula is C16H22I3N3O3. The van der Waals surface area contributed by atoms with Crippen LogP contribution < -0.4 is 10.6 Å². The van der Waals surface area contributed by atoms with Crippen LogP contribution >= 0.6 is 67.8 Å². The lowest BCUT2D eigenvalue weighted by atomic mass is 10.0. The Balaban J connectivity index is 3.59. The van der Waals surface area contributed by atoms with E-state index < -0.39 is 11.6 Å². The number of halogens is 3. The summed E-state index contributed by atoms with van der Waals surface area (Å²) in [6.07, 6.45) is 0.386. The van der Waals surface area contributed by atoms with E-state index in [-0.39, 0.29) is 5.91 Å².